The molecule has 1 aromatic carbocycles. The standard InChI is InChI=1S/C24H32O5/c1-14(2)11-12-18-21(26)20(19(25)13-15(3)4)22(27)23(18)29-24(28)16(5)17-9-7-6-8-10-17/h6-10,14-16,18,23,26H,11-13H2,1-5H3. The van der Waals surface area contributed by atoms with Gasteiger partial charge < -0.3 is 9.84 Å². The molecule has 0 radical (unpaired) electrons. The molecule has 0 aliphatic heterocycles. The maximum atomic E-state index is 13.0. The minimum Gasteiger partial charge on any atom is -0.511 e. The van der Waals surface area contributed by atoms with Gasteiger partial charge in [0.1, 0.15) is 11.3 Å². The molecule has 5 heteroatoms. The van der Waals surface area contributed by atoms with Gasteiger partial charge in [-0.25, -0.2) is 0 Å². The highest BCUT2D eigenvalue weighted by atomic mass is 16.5. The first-order valence-electron chi connectivity index (χ1n) is 10.4. The topological polar surface area (TPSA) is 80.7 Å². The molecule has 0 fully saturated rings. The lowest BCUT2D eigenvalue weighted by Gasteiger charge is -2.22. The molecule has 3 unspecified atom stereocenters. The molecule has 1 aliphatic rings. The van der Waals surface area contributed by atoms with Gasteiger partial charge in [-0.2, -0.15) is 0 Å². The van der Waals surface area contributed by atoms with Crippen LogP contribution in [-0.2, 0) is 19.1 Å². The summed E-state index contributed by atoms with van der Waals surface area (Å²) in [6.45, 7) is 9.56. The number of carbonyl (C=O) groups excluding carboxylic acids is 3. The lowest BCUT2D eigenvalue weighted by molar-refractivity contribution is -0.157. The average molecular weight is 401 g/mol. The van der Waals surface area contributed by atoms with E-state index in [0.717, 1.165) is 12.0 Å². The average Bonchev–Trinajstić information content (AvgIpc) is 2.89. The molecule has 0 aromatic heterocycles. The van der Waals surface area contributed by atoms with E-state index in [4.69, 9.17) is 4.74 Å². The summed E-state index contributed by atoms with van der Waals surface area (Å²) < 4.78 is 5.60. The first-order valence-corrected chi connectivity index (χ1v) is 10.4. The van der Waals surface area contributed by atoms with E-state index in [1.807, 2.05) is 58.0 Å². The minimum atomic E-state index is -1.14. The van der Waals surface area contributed by atoms with Crippen molar-refractivity contribution in [2.45, 2.75) is 65.9 Å². The first kappa shape index (κ1) is 22.9. The Kier molecular flexibility index (Phi) is 7.77. The summed E-state index contributed by atoms with van der Waals surface area (Å²) in [4.78, 5) is 38.3. The van der Waals surface area contributed by atoms with Crippen molar-refractivity contribution in [3.63, 3.8) is 0 Å². The fourth-order valence-corrected chi connectivity index (χ4v) is 3.57. The minimum absolute atomic E-state index is 0.0596. The number of hydrogen-bond acceptors (Lipinski definition) is 5. The van der Waals surface area contributed by atoms with Crippen LogP contribution in [0.4, 0.5) is 0 Å². The molecule has 1 aliphatic carbocycles. The number of carbonyl (C=O) groups is 3. The van der Waals surface area contributed by atoms with E-state index in [1.54, 1.807) is 6.92 Å². The number of rotatable bonds is 9. The summed E-state index contributed by atoms with van der Waals surface area (Å²) >= 11 is 0. The van der Waals surface area contributed by atoms with Crippen LogP contribution in [0.2, 0.25) is 0 Å². The second-order valence-corrected chi connectivity index (χ2v) is 8.71. The largest absolute Gasteiger partial charge is 0.511 e. The van der Waals surface area contributed by atoms with Crippen molar-refractivity contribution in [2.75, 3.05) is 0 Å². The second-order valence-electron chi connectivity index (χ2n) is 8.71. The Labute approximate surface area is 173 Å². The Hall–Kier alpha value is -2.43. The van der Waals surface area contributed by atoms with Gasteiger partial charge in [0.15, 0.2) is 11.9 Å². The molecule has 0 spiro atoms. The Morgan fingerprint density at radius 3 is 2.21 bits per heavy atom. The Morgan fingerprint density at radius 1 is 1.03 bits per heavy atom. The molecule has 1 N–H and O–H groups in total. The summed E-state index contributed by atoms with van der Waals surface area (Å²) in [7, 11) is 0. The highest BCUT2D eigenvalue weighted by Crippen LogP contribution is 2.36. The fraction of sp³-hybridized carbons (Fsp3) is 0.542. The molecule has 0 saturated heterocycles. The molecule has 0 bridgehead atoms. The summed E-state index contributed by atoms with van der Waals surface area (Å²) in [6.07, 6.45) is 0.253. The van der Waals surface area contributed by atoms with E-state index in [9.17, 15) is 19.5 Å². The Balaban J connectivity index is 2.25. The quantitative estimate of drug-likeness (QED) is 0.477. The lowest BCUT2D eigenvalue weighted by Crippen LogP contribution is -2.33. The molecule has 5 nitrogen and oxygen atoms in total. The molecule has 0 heterocycles. The molecule has 158 valence electrons. The highest BCUT2D eigenvalue weighted by Gasteiger charge is 2.47. The van der Waals surface area contributed by atoms with Gasteiger partial charge in [0, 0.05) is 6.42 Å². The fourth-order valence-electron chi connectivity index (χ4n) is 3.57. The Morgan fingerprint density at radius 2 is 1.66 bits per heavy atom. The van der Waals surface area contributed by atoms with Crippen LogP contribution in [0, 0.1) is 17.8 Å². The van der Waals surface area contributed by atoms with Crippen LogP contribution in [0.5, 0.6) is 0 Å². The lowest BCUT2D eigenvalue weighted by atomic mass is 9.94. The maximum absolute atomic E-state index is 13.0. The summed E-state index contributed by atoms with van der Waals surface area (Å²) in [5.74, 6) is -2.50. The van der Waals surface area contributed by atoms with Crippen molar-refractivity contribution in [3.05, 3.63) is 47.2 Å². The number of Topliss-reactive ketones (excluding diaryl/α,β-unsaturated/α-hetero) is 2. The van der Waals surface area contributed by atoms with Crippen molar-refractivity contribution < 1.29 is 24.2 Å². The van der Waals surface area contributed by atoms with Gasteiger partial charge in [0.05, 0.1) is 11.8 Å². The van der Waals surface area contributed by atoms with Crippen LogP contribution in [0.1, 0.15) is 65.4 Å². The van der Waals surface area contributed by atoms with Crippen molar-refractivity contribution in [3.8, 4) is 0 Å². The van der Waals surface area contributed by atoms with Gasteiger partial charge in [-0.15, -0.1) is 0 Å². The maximum Gasteiger partial charge on any atom is 0.313 e. The first-order chi connectivity index (χ1) is 13.6. The van der Waals surface area contributed by atoms with Crippen LogP contribution in [0.25, 0.3) is 0 Å². The van der Waals surface area contributed by atoms with E-state index in [0.29, 0.717) is 12.3 Å². The third kappa shape index (κ3) is 5.55. The zero-order valence-electron chi connectivity index (χ0n) is 18.0. The monoisotopic (exact) mass is 400 g/mol. The number of ketones is 2. The van der Waals surface area contributed by atoms with Gasteiger partial charge in [-0.1, -0.05) is 64.4 Å². The Bertz CT molecular complexity index is 776. The molecular weight excluding hydrogens is 368 g/mol. The van der Waals surface area contributed by atoms with Gasteiger partial charge >= 0.3 is 5.97 Å². The molecule has 0 saturated carbocycles. The van der Waals surface area contributed by atoms with Crippen LogP contribution >= 0.6 is 0 Å². The van der Waals surface area contributed by atoms with Gasteiger partial charge in [0.2, 0.25) is 5.78 Å². The van der Waals surface area contributed by atoms with Gasteiger partial charge in [0.25, 0.3) is 0 Å². The van der Waals surface area contributed by atoms with Crippen LogP contribution < -0.4 is 0 Å². The van der Waals surface area contributed by atoms with E-state index in [-0.39, 0.29) is 29.5 Å². The molecular formula is C24H32O5. The van der Waals surface area contributed by atoms with Crippen molar-refractivity contribution in [1.29, 1.82) is 0 Å². The van der Waals surface area contributed by atoms with Gasteiger partial charge in [-0.05, 0) is 30.7 Å². The third-order valence-electron chi connectivity index (χ3n) is 5.30. The number of hydrogen-bond donors (Lipinski definition) is 1. The number of benzene rings is 1. The highest BCUT2D eigenvalue weighted by molar-refractivity contribution is 6.24. The van der Waals surface area contributed by atoms with Gasteiger partial charge in [-0.3, -0.25) is 14.4 Å². The molecule has 1 aromatic rings. The van der Waals surface area contributed by atoms with E-state index < -0.39 is 29.7 Å². The molecule has 0 amide bonds. The van der Waals surface area contributed by atoms with Crippen LogP contribution in [-0.4, -0.2) is 28.7 Å². The molecule has 2 rings (SSSR count). The second kappa shape index (κ2) is 9.86. The number of aliphatic hydroxyl groups excluding tert-OH is 1. The summed E-state index contributed by atoms with van der Waals surface area (Å²) in [6, 6.07) is 9.18. The van der Waals surface area contributed by atoms with Crippen molar-refractivity contribution >= 4 is 17.5 Å². The van der Waals surface area contributed by atoms with Crippen molar-refractivity contribution in [2.24, 2.45) is 17.8 Å². The van der Waals surface area contributed by atoms with Crippen LogP contribution in [0.3, 0.4) is 0 Å². The number of ether oxygens (including phenoxy) is 1. The summed E-state index contributed by atoms with van der Waals surface area (Å²) in [5.41, 5.74) is 0.604. The number of esters is 1. The normalized spacial score (nSPS) is 20.4. The summed E-state index contributed by atoms with van der Waals surface area (Å²) in [5, 5.41) is 10.7. The smallest absolute Gasteiger partial charge is 0.313 e. The van der Waals surface area contributed by atoms with E-state index >= 15 is 0 Å². The van der Waals surface area contributed by atoms with Crippen molar-refractivity contribution in [1.82, 2.24) is 0 Å². The van der Waals surface area contributed by atoms with Crippen LogP contribution in [0.15, 0.2) is 41.7 Å². The molecule has 3 atom stereocenters. The number of aliphatic hydroxyl groups is 1. The predicted molar refractivity (Wildman–Crippen MR) is 111 cm³/mol. The third-order valence-corrected chi connectivity index (χ3v) is 5.30. The van der Waals surface area contributed by atoms with E-state index in [1.165, 1.54) is 0 Å². The van der Waals surface area contributed by atoms with E-state index in [2.05, 4.69) is 0 Å². The zero-order valence-corrected chi connectivity index (χ0v) is 18.0. The predicted octanol–water partition coefficient (Wildman–Crippen LogP) is 4.76. The SMILES string of the molecule is CC(C)CCC1C(O)=C(C(=O)CC(C)C)C(=O)C1OC(=O)C(C)c1ccccc1. The zero-order chi connectivity index (χ0) is 21.7. The molecule has 29 heavy (non-hydrogen) atoms.